The zero-order chi connectivity index (χ0) is 14.7. The van der Waals surface area contributed by atoms with E-state index in [1.165, 1.54) is 3.57 Å². The van der Waals surface area contributed by atoms with E-state index in [-0.39, 0.29) is 0 Å². The van der Waals surface area contributed by atoms with Gasteiger partial charge in [-0.3, -0.25) is 4.68 Å². The Bertz CT molecular complexity index is 580. The lowest BCUT2D eigenvalue weighted by atomic mass is 10.0. The highest BCUT2D eigenvalue weighted by Gasteiger charge is 2.18. The molecule has 0 radical (unpaired) electrons. The summed E-state index contributed by atoms with van der Waals surface area (Å²) in [5.74, 6) is 0. The van der Waals surface area contributed by atoms with Crippen LogP contribution < -0.4 is 0 Å². The van der Waals surface area contributed by atoms with Crippen molar-refractivity contribution in [3.63, 3.8) is 0 Å². The summed E-state index contributed by atoms with van der Waals surface area (Å²) in [6.45, 7) is 4.97. The smallest absolute Gasteiger partial charge is 0.0845 e. The molecule has 2 aromatic rings. The fraction of sp³-hybridized carbons (Fsp3) is 0.400. The van der Waals surface area contributed by atoms with Crippen LogP contribution in [0.1, 0.15) is 36.9 Å². The van der Waals surface area contributed by atoms with Gasteiger partial charge in [-0.2, -0.15) is 5.10 Å². The van der Waals surface area contributed by atoms with Crippen LogP contribution >= 0.6 is 38.5 Å². The third-order valence-electron chi connectivity index (χ3n) is 3.34. The largest absolute Gasteiger partial charge is 0.388 e. The summed E-state index contributed by atoms with van der Waals surface area (Å²) in [7, 11) is 0. The van der Waals surface area contributed by atoms with Crippen LogP contribution in [0.4, 0.5) is 0 Å². The Morgan fingerprint density at radius 2 is 1.95 bits per heavy atom. The lowest BCUT2D eigenvalue weighted by Gasteiger charge is -2.12. The Morgan fingerprint density at radius 1 is 1.30 bits per heavy atom. The van der Waals surface area contributed by atoms with Gasteiger partial charge in [0.1, 0.15) is 0 Å². The summed E-state index contributed by atoms with van der Waals surface area (Å²) in [5, 5.41) is 15.0. The van der Waals surface area contributed by atoms with Crippen molar-refractivity contribution in [3.05, 3.63) is 49.3 Å². The summed E-state index contributed by atoms with van der Waals surface area (Å²) in [6, 6.07) is 7.99. The predicted octanol–water partition coefficient (Wildman–Crippen LogP) is 4.11. The van der Waals surface area contributed by atoms with Gasteiger partial charge in [-0.15, -0.1) is 0 Å². The van der Waals surface area contributed by atoms with Gasteiger partial charge < -0.3 is 5.11 Å². The Balaban J connectivity index is 2.25. The van der Waals surface area contributed by atoms with Crippen LogP contribution in [-0.4, -0.2) is 14.9 Å². The third-order valence-corrected chi connectivity index (χ3v) is 4.97. The highest BCUT2D eigenvalue weighted by molar-refractivity contribution is 14.1. The number of nitrogens with zero attached hydrogens (tertiary/aromatic N) is 2. The van der Waals surface area contributed by atoms with E-state index in [0.717, 1.165) is 34.4 Å². The second-order valence-corrected chi connectivity index (χ2v) is 6.69. The number of halogens is 2. The molecule has 0 bridgehead atoms. The number of hydrogen-bond donors (Lipinski definition) is 1. The van der Waals surface area contributed by atoms with Crippen LogP contribution in [0.15, 0.2) is 28.7 Å². The lowest BCUT2D eigenvalue weighted by molar-refractivity contribution is 0.175. The van der Waals surface area contributed by atoms with Gasteiger partial charge in [-0.05, 0) is 69.6 Å². The normalized spacial score (nSPS) is 12.7. The van der Waals surface area contributed by atoms with Crippen molar-refractivity contribution >= 4 is 38.5 Å². The minimum atomic E-state index is -0.505. The standard InChI is InChI=1S/C15H18BrIN2O/c1-3-12-15(16)13(19(4-2)18-12)9-14(20)10-5-7-11(17)8-6-10/h5-8,14,20H,3-4,9H2,1-2H3. The molecule has 1 heterocycles. The van der Waals surface area contributed by atoms with Gasteiger partial charge in [0.05, 0.1) is 22.0 Å². The first kappa shape index (κ1) is 16.0. The Labute approximate surface area is 141 Å². The van der Waals surface area contributed by atoms with E-state index in [1.54, 1.807) is 0 Å². The molecule has 5 heteroatoms. The molecule has 0 aliphatic rings. The fourth-order valence-electron chi connectivity index (χ4n) is 2.20. The molecule has 0 spiro atoms. The number of aryl methyl sites for hydroxylation is 2. The van der Waals surface area contributed by atoms with E-state index in [4.69, 9.17) is 0 Å². The van der Waals surface area contributed by atoms with Crippen LogP contribution in [0.25, 0.3) is 0 Å². The van der Waals surface area contributed by atoms with Gasteiger partial charge in [-0.1, -0.05) is 19.1 Å². The maximum absolute atomic E-state index is 10.4. The number of hydrogen-bond acceptors (Lipinski definition) is 2. The molecular weight excluding hydrogens is 431 g/mol. The summed E-state index contributed by atoms with van der Waals surface area (Å²) in [6.07, 6.45) is 0.956. The lowest BCUT2D eigenvalue weighted by Crippen LogP contribution is -2.09. The van der Waals surface area contributed by atoms with E-state index in [9.17, 15) is 5.11 Å². The molecule has 0 saturated carbocycles. The molecule has 1 atom stereocenters. The minimum Gasteiger partial charge on any atom is -0.388 e. The molecule has 1 unspecified atom stereocenters. The first-order valence-corrected chi connectivity index (χ1v) is 8.61. The molecule has 2 rings (SSSR count). The second-order valence-electron chi connectivity index (χ2n) is 4.65. The van der Waals surface area contributed by atoms with E-state index in [0.29, 0.717) is 6.42 Å². The van der Waals surface area contributed by atoms with Crippen molar-refractivity contribution < 1.29 is 5.11 Å². The Kier molecular flexibility index (Phi) is 5.63. The van der Waals surface area contributed by atoms with Crippen LogP contribution in [0, 0.1) is 3.57 Å². The van der Waals surface area contributed by atoms with E-state index >= 15 is 0 Å². The number of rotatable bonds is 5. The van der Waals surface area contributed by atoms with Crippen LogP contribution in [0.3, 0.4) is 0 Å². The first-order chi connectivity index (χ1) is 9.56. The molecule has 108 valence electrons. The first-order valence-electron chi connectivity index (χ1n) is 6.74. The van der Waals surface area contributed by atoms with E-state index < -0.39 is 6.10 Å². The predicted molar refractivity (Wildman–Crippen MR) is 92.8 cm³/mol. The average Bonchev–Trinajstić information content (AvgIpc) is 2.76. The molecule has 3 nitrogen and oxygen atoms in total. The van der Waals surface area contributed by atoms with Crippen LogP contribution in [-0.2, 0) is 19.4 Å². The third kappa shape index (κ3) is 3.43. The van der Waals surface area contributed by atoms with Gasteiger partial charge in [0.25, 0.3) is 0 Å². The molecular formula is C15H18BrIN2O. The van der Waals surface area contributed by atoms with Gasteiger partial charge in [0.2, 0.25) is 0 Å². The van der Waals surface area contributed by atoms with Crippen molar-refractivity contribution in [2.45, 2.75) is 39.3 Å². The molecule has 0 fully saturated rings. The van der Waals surface area contributed by atoms with Crippen molar-refractivity contribution in [1.29, 1.82) is 0 Å². The summed E-state index contributed by atoms with van der Waals surface area (Å²) >= 11 is 5.89. The maximum Gasteiger partial charge on any atom is 0.0845 e. The molecule has 0 saturated heterocycles. The molecule has 20 heavy (non-hydrogen) atoms. The Hall–Kier alpha value is -0.400. The van der Waals surface area contributed by atoms with Crippen molar-refractivity contribution in [2.24, 2.45) is 0 Å². The minimum absolute atomic E-state index is 0.505. The number of benzene rings is 1. The second kappa shape index (κ2) is 7.04. The van der Waals surface area contributed by atoms with E-state index in [1.807, 2.05) is 28.9 Å². The van der Waals surface area contributed by atoms with Gasteiger partial charge in [0.15, 0.2) is 0 Å². The zero-order valence-corrected chi connectivity index (χ0v) is 15.3. The molecule has 1 aromatic carbocycles. The topological polar surface area (TPSA) is 38.0 Å². The number of aromatic nitrogens is 2. The van der Waals surface area contributed by atoms with Gasteiger partial charge in [0, 0.05) is 16.5 Å². The summed E-state index contributed by atoms with van der Waals surface area (Å²) in [5.41, 5.74) is 3.06. The number of aliphatic hydroxyl groups excluding tert-OH is 1. The molecule has 1 aromatic heterocycles. The van der Waals surface area contributed by atoms with Crippen molar-refractivity contribution in [2.75, 3.05) is 0 Å². The zero-order valence-electron chi connectivity index (χ0n) is 11.6. The summed E-state index contributed by atoms with van der Waals surface area (Å²) in [4.78, 5) is 0. The van der Waals surface area contributed by atoms with Gasteiger partial charge >= 0.3 is 0 Å². The molecule has 0 amide bonds. The SMILES string of the molecule is CCc1nn(CC)c(CC(O)c2ccc(I)cc2)c1Br. The average molecular weight is 449 g/mol. The molecule has 1 N–H and O–H groups in total. The maximum atomic E-state index is 10.4. The Morgan fingerprint density at radius 3 is 2.50 bits per heavy atom. The van der Waals surface area contributed by atoms with Gasteiger partial charge in [-0.25, -0.2) is 0 Å². The summed E-state index contributed by atoms with van der Waals surface area (Å²) < 4.78 is 4.18. The van der Waals surface area contributed by atoms with Crippen molar-refractivity contribution in [3.8, 4) is 0 Å². The highest BCUT2D eigenvalue weighted by atomic mass is 127. The fourth-order valence-corrected chi connectivity index (χ4v) is 3.28. The quantitative estimate of drug-likeness (QED) is 0.699. The van der Waals surface area contributed by atoms with E-state index in [2.05, 4.69) is 57.5 Å². The molecule has 0 aliphatic heterocycles. The van der Waals surface area contributed by atoms with Crippen LogP contribution in [0.2, 0.25) is 0 Å². The monoisotopic (exact) mass is 448 g/mol. The van der Waals surface area contributed by atoms with Crippen molar-refractivity contribution in [1.82, 2.24) is 9.78 Å². The number of aliphatic hydroxyl groups is 1. The van der Waals surface area contributed by atoms with Crippen LogP contribution in [0.5, 0.6) is 0 Å². The highest BCUT2D eigenvalue weighted by Crippen LogP contribution is 2.27. The molecule has 0 aliphatic carbocycles.